The molecule has 1 aromatic heterocycles. The summed E-state index contributed by atoms with van der Waals surface area (Å²) in [5.74, 6) is -1.62. The van der Waals surface area contributed by atoms with Gasteiger partial charge in [-0.25, -0.2) is 8.78 Å². The van der Waals surface area contributed by atoms with Crippen LogP contribution in [0.5, 0.6) is 0 Å². The van der Waals surface area contributed by atoms with E-state index in [9.17, 15) is 8.78 Å². The fourth-order valence-electron chi connectivity index (χ4n) is 2.05. The van der Waals surface area contributed by atoms with E-state index in [2.05, 4.69) is 17.3 Å². The Balaban J connectivity index is 2.12. The van der Waals surface area contributed by atoms with Gasteiger partial charge in [-0.15, -0.1) is 0 Å². The van der Waals surface area contributed by atoms with E-state index in [-0.39, 0.29) is 6.54 Å². The van der Waals surface area contributed by atoms with Crippen molar-refractivity contribution in [1.82, 2.24) is 15.1 Å². The standard InChI is InChI=1S/C15H19F2N3/c1-3-7-18-8-13-9-19-20(11(13)2)10-12-5-4-6-14(16)15(12)17/h4-6,9,18H,3,7-8,10H2,1-2H3. The monoisotopic (exact) mass is 279 g/mol. The van der Waals surface area contributed by atoms with Crippen molar-refractivity contribution < 1.29 is 8.78 Å². The average molecular weight is 279 g/mol. The van der Waals surface area contributed by atoms with Crippen LogP contribution in [-0.2, 0) is 13.1 Å². The lowest BCUT2D eigenvalue weighted by Gasteiger charge is -2.08. The topological polar surface area (TPSA) is 29.9 Å². The maximum atomic E-state index is 13.6. The summed E-state index contributed by atoms with van der Waals surface area (Å²) in [7, 11) is 0. The van der Waals surface area contributed by atoms with Crippen molar-refractivity contribution in [2.45, 2.75) is 33.4 Å². The summed E-state index contributed by atoms with van der Waals surface area (Å²) in [6.45, 7) is 5.97. The smallest absolute Gasteiger partial charge is 0.163 e. The molecule has 0 unspecified atom stereocenters. The van der Waals surface area contributed by atoms with E-state index in [1.165, 1.54) is 6.07 Å². The predicted octanol–water partition coefficient (Wildman–Crippen LogP) is 3.02. The van der Waals surface area contributed by atoms with Crippen LogP contribution in [0, 0.1) is 18.6 Å². The lowest BCUT2D eigenvalue weighted by molar-refractivity contribution is 0.490. The maximum absolute atomic E-state index is 13.6. The van der Waals surface area contributed by atoms with Crippen molar-refractivity contribution in [3.8, 4) is 0 Å². The molecule has 0 atom stereocenters. The van der Waals surface area contributed by atoms with Gasteiger partial charge in [-0.3, -0.25) is 4.68 Å². The summed E-state index contributed by atoms with van der Waals surface area (Å²) in [4.78, 5) is 0. The second kappa shape index (κ2) is 6.61. The summed E-state index contributed by atoms with van der Waals surface area (Å²) in [6, 6.07) is 4.21. The summed E-state index contributed by atoms with van der Waals surface area (Å²) in [5, 5.41) is 7.55. The lowest BCUT2D eigenvalue weighted by atomic mass is 10.2. The summed E-state index contributed by atoms with van der Waals surface area (Å²) < 4.78 is 28.5. The minimum atomic E-state index is -0.822. The molecule has 0 spiro atoms. The summed E-state index contributed by atoms with van der Waals surface area (Å²) in [5.41, 5.74) is 2.36. The molecule has 2 rings (SSSR count). The maximum Gasteiger partial charge on any atom is 0.163 e. The molecule has 0 saturated heterocycles. The van der Waals surface area contributed by atoms with Crippen molar-refractivity contribution in [2.24, 2.45) is 0 Å². The molecule has 0 fully saturated rings. The van der Waals surface area contributed by atoms with Crippen molar-refractivity contribution in [1.29, 1.82) is 0 Å². The zero-order valence-electron chi connectivity index (χ0n) is 11.8. The Morgan fingerprint density at radius 3 is 2.80 bits per heavy atom. The first-order valence-corrected chi connectivity index (χ1v) is 6.78. The van der Waals surface area contributed by atoms with E-state index in [4.69, 9.17) is 0 Å². The number of nitrogens with zero attached hydrogens (tertiary/aromatic N) is 2. The van der Waals surface area contributed by atoms with Gasteiger partial charge in [-0.2, -0.15) is 5.10 Å². The summed E-state index contributed by atoms with van der Waals surface area (Å²) in [6.07, 6.45) is 2.84. The van der Waals surface area contributed by atoms with Gasteiger partial charge in [-0.1, -0.05) is 19.1 Å². The van der Waals surface area contributed by atoms with E-state index in [1.54, 1.807) is 16.9 Å². The Kier molecular flexibility index (Phi) is 4.84. The minimum absolute atomic E-state index is 0.239. The van der Waals surface area contributed by atoms with Crippen LogP contribution in [0.4, 0.5) is 8.78 Å². The first kappa shape index (κ1) is 14.7. The molecule has 0 aliphatic rings. The van der Waals surface area contributed by atoms with Gasteiger partial charge in [0, 0.05) is 23.4 Å². The van der Waals surface area contributed by atoms with Crippen LogP contribution in [0.3, 0.4) is 0 Å². The third-order valence-electron chi connectivity index (χ3n) is 3.30. The Labute approximate surface area is 117 Å². The second-order valence-corrected chi connectivity index (χ2v) is 4.80. The number of benzene rings is 1. The van der Waals surface area contributed by atoms with E-state index in [0.717, 1.165) is 36.8 Å². The van der Waals surface area contributed by atoms with E-state index >= 15 is 0 Å². The summed E-state index contributed by atoms with van der Waals surface area (Å²) >= 11 is 0. The van der Waals surface area contributed by atoms with Crippen molar-refractivity contribution >= 4 is 0 Å². The Hall–Kier alpha value is -1.75. The molecule has 0 bridgehead atoms. The second-order valence-electron chi connectivity index (χ2n) is 4.80. The van der Waals surface area contributed by atoms with Crippen LogP contribution in [0.2, 0.25) is 0 Å². The highest BCUT2D eigenvalue weighted by atomic mass is 19.2. The van der Waals surface area contributed by atoms with Gasteiger partial charge >= 0.3 is 0 Å². The number of hydrogen-bond acceptors (Lipinski definition) is 2. The van der Waals surface area contributed by atoms with Gasteiger partial charge in [0.05, 0.1) is 12.7 Å². The third kappa shape index (κ3) is 3.22. The largest absolute Gasteiger partial charge is 0.313 e. The van der Waals surface area contributed by atoms with Gasteiger partial charge < -0.3 is 5.32 Å². The van der Waals surface area contributed by atoms with Gasteiger partial charge in [0.2, 0.25) is 0 Å². The fourth-order valence-corrected chi connectivity index (χ4v) is 2.05. The molecular weight excluding hydrogens is 260 g/mol. The van der Waals surface area contributed by atoms with Crippen LogP contribution < -0.4 is 5.32 Å². The molecule has 0 aliphatic carbocycles. The molecule has 1 N–H and O–H groups in total. The number of hydrogen-bond donors (Lipinski definition) is 1. The van der Waals surface area contributed by atoms with Crippen molar-refractivity contribution in [2.75, 3.05) is 6.54 Å². The normalized spacial score (nSPS) is 11.0. The van der Waals surface area contributed by atoms with Crippen LogP contribution in [0.15, 0.2) is 24.4 Å². The molecule has 5 heteroatoms. The molecule has 3 nitrogen and oxygen atoms in total. The molecule has 0 radical (unpaired) electrons. The zero-order chi connectivity index (χ0) is 14.5. The van der Waals surface area contributed by atoms with Crippen LogP contribution in [-0.4, -0.2) is 16.3 Å². The molecule has 1 heterocycles. The number of rotatable bonds is 6. The first-order valence-electron chi connectivity index (χ1n) is 6.78. The van der Waals surface area contributed by atoms with Crippen LogP contribution >= 0.6 is 0 Å². The van der Waals surface area contributed by atoms with E-state index in [1.807, 2.05) is 6.92 Å². The number of halogens is 2. The average Bonchev–Trinajstić information content (AvgIpc) is 2.77. The first-order chi connectivity index (χ1) is 9.63. The third-order valence-corrected chi connectivity index (χ3v) is 3.30. The highest BCUT2D eigenvalue weighted by molar-refractivity contribution is 5.22. The van der Waals surface area contributed by atoms with Gasteiger partial charge in [0.25, 0.3) is 0 Å². The van der Waals surface area contributed by atoms with Gasteiger partial charge in [-0.05, 0) is 26.0 Å². The molecule has 0 amide bonds. The highest BCUT2D eigenvalue weighted by Crippen LogP contribution is 2.15. The Morgan fingerprint density at radius 1 is 1.25 bits per heavy atom. The quantitative estimate of drug-likeness (QED) is 0.824. The molecule has 0 saturated carbocycles. The van der Waals surface area contributed by atoms with Gasteiger partial charge in [0.1, 0.15) is 0 Å². The van der Waals surface area contributed by atoms with Crippen LogP contribution in [0.1, 0.15) is 30.2 Å². The molecule has 1 aromatic carbocycles. The fraction of sp³-hybridized carbons (Fsp3) is 0.400. The highest BCUT2D eigenvalue weighted by Gasteiger charge is 2.11. The Morgan fingerprint density at radius 2 is 2.05 bits per heavy atom. The molecular formula is C15H19F2N3. The van der Waals surface area contributed by atoms with Crippen molar-refractivity contribution in [3.05, 3.63) is 52.9 Å². The van der Waals surface area contributed by atoms with Crippen LogP contribution in [0.25, 0.3) is 0 Å². The van der Waals surface area contributed by atoms with E-state index < -0.39 is 11.6 Å². The lowest BCUT2D eigenvalue weighted by Crippen LogP contribution is -2.14. The van der Waals surface area contributed by atoms with Gasteiger partial charge in [0.15, 0.2) is 11.6 Å². The molecule has 2 aromatic rings. The SMILES string of the molecule is CCCNCc1cnn(Cc2cccc(F)c2F)c1C. The van der Waals surface area contributed by atoms with Crippen molar-refractivity contribution in [3.63, 3.8) is 0 Å². The number of aromatic nitrogens is 2. The Bertz CT molecular complexity index is 578. The predicted molar refractivity (Wildman–Crippen MR) is 74.4 cm³/mol. The number of nitrogens with one attached hydrogen (secondary N) is 1. The van der Waals surface area contributed by atoms with E-state index in [0.29, 0.717) is 5.56 Å². The molecule has 0 aliphatic heterocycles. The molecule has 20 heavy (non-hydrogen) atoms. The molecule has 108 valence electrons. The minimum Gasteiger partial charge on any atom is -0.313 e. The zero-order valence-corrected chi connectivity index (χ0v) is 11.8.